The lowest BCUT2D eigenvalue weighted by Gasteiger charge is -2.14. The lowest BCUT2D eigenvalue weighted by atomic mass is 9.99. The van der Waals surface area contributed by atoms with Gasteiger partial charge in [-0.3, -0.25) is 9.59 Å². The molecule has 1 aliphatic carbocycles. The van der Waals surface area contributed by atoms with Crippen molar-refractivity contribution in [3.8, 4) is 0 Å². The Kier molecular flexibility index (Phi) is 4.54. The SMILES string of the molecule is Cc1noc2nc(C3CC3)cc(C(=O)NCC(C(=O)O)c3ccc(F)cc3)c12. The summed E-state index contributed by atoms with van der Waals surface area (Å²) in [6.07, 6.45) is 2.02. The van der Waals surface area contributed by atoms with E-state index < -0.39 is 23.6 Å². The minimum atomic E-state index is -1.10. The lowest BCUT2D eigenvalue weighted by molar-refractivity contribution is -0.138. The average Bonchev–Trinajstić information content (AvgIpc) is 3.46. The molecule has 1 amide bonds. The van der Waals surface area contributed by atoms with Crippen molar-refractivity contribution in [2.75, 3.05) is 6.54 Å². The second-order valence-electron chi connectivity index (χ2n) is 6.97. The number of aryl methyl sites for hydroxylation is 1. The summed E-state index contributed by atoms with van der Waals surface area (Å²) in [5.74, 6) is -2.66. The van der Waals surface area contributed by atoms with Crippen LogP contribution >= 0.6 is 0 Å². The van der Waals surface area contributed by atoms with Gasteiger partial charge >= 0.3 is 5.97 Å². The third-order valence-electron chi connectivity index (χ3n) is 4.91. The molecule has 1 fully saturated rings. The molecule has 0 spiro atoms. The fourth-order valence-corrected chi connectivity index (χ4v) is 3.21. The summed E-state index contributed by atoms with van der Waals surface area (Å²) < 4.78 is 18.3. The van der Waals surface area contributed by atoms with Gasteiger partial charge in [0, 0.05) is 18.2 Å². The van der Waals surface area contributed by atoms with Crippen molar-refractivity contribution in [1.29, 1.82) is 0 Å². The molecule has 1 atom stereocenters. The molecular weight excluding hydrogens is 365 g/mol. The van der Waals surface area contributed by atoms with Crippen molar-refractivity contribution in [3.05, 3.63) is 58.7 Å². The number of carbonyl (C=O) groups is 2. The Bertz CT molecular complexity index is 1060. The van der Waals surface area contributed by atoms with E-state index in [9.17, 15) is 19.1 Å². The van der Waals surface area contributed by atoms with Crippen LogP contribution in [0.5, 0.6) is 0 Å². The fourth-order valence-electron chi connectivity index (χ4n) is 3.21. The predicted molar refractivity (Wildman–Crippen MR) is 97.6 cm³/mol. The summed E-state index contributed by atoms with van der Waals surface area (Å²) in [7, 11) is 0. The second kappa shape index (κ2) is 7.03. The molecule has 3 aromatic rings. The summed E-state index contributed by atoms with van der Waals surface area (Å²) >= 11 is 0. The van der Waals surface area contributed by atoms with Crippen LogP contribution in [0.3, 0.4) is 0 Å². The molecule has 1 aliphatic rings. The number of hydrogen-bond acceptors (Lipinski definition) is 5. The Hall–Kier alpha value is -3.29. The number of rotatable bonds is 6. The molecule has 1 aromatic carbocycles. The van der Waals surface area contributed by atoms with E-state index in [4.69, 9.17) is 4.52 Å². The zero-order valence-electron chi connectivity index (χ0n) is 15.1. The van der Waals surface area contributed by atoms with Gasteiger partial charge < -0.3 is 14.9 Å². The van der Waals surface area contributed by atoms with Crippen molar-refractivity contribution >= 4 is 23.0 Å². The minimum absolute atomic E-state index is 0.132. The van der Waals surface area contributed by atoms with Crippen LogP contribution in [0.4, 0.5) is 4.39 Å². The Morgan fingerprint density at radius 3 is 2.68 bits per heavy atom. The molecule has 144 valence electrons. The Morgan fingerprint density at radius 1 is 1.32 bits per heavy atom. The van der Waals surface area contributed by atoms with E-state index in [0.717, 1.165) is 18.5 Å². The first-order chi connectivity index (χ1) is 13.4. The van der Waals surface area contributed by atoms with E-state index in [1.807, 2.05) is 0 Å². The first-order valence-corrected chi connectivity index (χ1v) is 8.97. The van der Waals surface area contributed by atoms with Gasteiger partial charge in [-0.1, -0.05) is 17.3 Å². The molecule has 8 heteroatoms. The summed E-state index contributed by atoms with van der Waals surface area (Å²) in [6, 6.07) is 6.93. The number of aromatic nitrogens is 2. The zero-order valence-corrected chi connectivity index (χ0v) is 15.1. The maximum absolute atomic E-state index is 13.1. The van der Waals surface area contributed by atoms with Crippen LogP contribution in [0.1, 0.15) is 52.0 Å². The maximum Gasteiger partial charge on any atom is 0.312 e. The van der Waals surface area contributed by atoms with E-state index in [0.29, 0.717) is 33.8 Å². The normalized spacial score (nSPS) is 14.8. The van der Waals surface area contributed by atoms with E-state index in [1.165, 1.54) is 24.3 Å². The fraction of sp³-hybridized carbons (Fsp3) is 0.300. The topological polar surface area (TPSA) is 105 Å². The highest BCUT2D eigenvalue weighted by Gasteiger charge is 2.29. The zero-order chi connectivity index (χ0) is 19.8. The van der Waals surface area contributed by atoms with E-state index >= 15 is 0 Å². The molecule has 0 bridgehead atoms. The van der Waals surface area contributed by atoms with Crippen molar-refractivity contribution in [2.24, 2.45) is 0 Å². The van der Waals surface area contributed by atoms with Crippen LogP contribution in [0.15, 0.2) is 34.9 Å². The third kappa shape index (κ3) is 3.45. The van der Waals surface area contributed by atoms with E-state index in [1.54, 1.807) is 13.0 Å². The molecule has 2 heterocycles. The maximum atomic E-state index is 13.1. The largest absolute Gasteiger partial charge is 0.481 e. The van der Waals surface area contributed by atoms with Crippen LogP contribution in [0.2, 0.25) is 0 Å². The summed E-state index contributed by atoms with van der Waals surface area (Å²) in [6.45, 7) is 1.59. The Morgan fingerprint density at radius 2 is 2.04 bits per heavy atom. The standard InChI is InChI=1S/C20H18FN3O4/c1-10-17-14(8-16(12-2-3-12)23-19(17)28-24-10)18(25)22-9-15(20(26)27)11-4-6-13(21)7-5-11/h4-8,12,15H,2-3,9H2,1H3,(H,22,25)(H,26,27). The first-order valence-electron chi connectivity index (χ1n) is 8.97. The highest BCUT2D eigenvalue weighted by atomic mass is 19.1. The number of carboxylic acid groups (broad SMARTS) is 1. The van der Waals surface area contributed by atoms with Crippen LogP contribution in [0, 0.1) is 12.7 Å². The number of nitrogens with zero attached hydrogens (tertiary/aromatic N) is 2. The molecular formula is C20H18FN3O4. The quantitative estimate of drug-likeness (QED) is 0.677. The Labute approximate surface area is 159 Å². The molecule has 2 aromatic heterocycles. The number of carboxylic acids is 1. The third-order valence-corrected chi connectivity index (χ3v) is 4.91. The molecule has 1 saturated carbocycles. The van der Waals surface area contributed by atoms with Gasteiger partial charge in [0.2, 0.25) is 0 Å². The second-order valence-corrected chi connectivity index (χ2v) is 6.97. The molecule has 7 nitrogen and oxygen atoms in total. The van der Waals surface area contributed by atoms with Gasteiger partial charge in [0.25, 0.3) is 11.6 Å². The molecule has 2 N–H and O–H groups in total. The van der Waals surface area contributed by atoms with Crippen LogP contribution < -0.4 is 5.32 Å². The van der Waals surface area contributed by atoms with Crippen molar-refractivity contribution in [2.45, 2.75) is 31.6 Å². The van der Waals surface area contributed by atoms with Crippen LogP contribution in [0.25, 0.3) is 11.1 Å². The minimum Gasteiger partial charge on any atom is -0.481 e. The lowest BCUT2D eigenvalue weighted by Crippen LogP contribution is -2.32. The predicted octanol–water partition coefficient (Wildman–Crippen LogP) is 3.15. The average molecular weight is 383 g/mol. The number of carbonyl (C=O) groups excluding carboxylic acids is 1. The highest BCUT2D eigenvalue weighted by molar-refractivity contribution is 6.06. The molecule has 1 unspecified atom stereocenters. The van der Waals surface area contributed by atoms with Gasteiger partial charge in [-0.05, 0) is 43.5 Å². The smallest absolute Gasteiger partial charge is 0.312 e. The number of amides is 1. The van der Waals surface area contributed by atoms with Gasteiger partial charge in [-0.25, -0.2) is 9.37 Å². The van der Waals surface area contributed by atoms with Crippen molar-refractivity contribution in [3.63, 3.8) is 0 Å². The van der Waals surface area contributed by atoms with E-state index in [2.05, 4.69) is 15.5 Å². The number of aliphatic carboxylic acids is 1. The highest BCUT2D eigenvalue weighted by Crippen LogP contribution is 2.40. The first kappa shape index (κ1) is 18.1. The van der Waals surface area contributed by atoms with Gasteiger partial charge in [0.15, 0.2) is 0 Å². The number of nitrogens with one attached hydrogen (secondary N) is 1. The summed E-state index contributed by atoms with van der Waals surface area (Å²) in [5, 5.41) is 16.6. The van der Waals surface area contributed by atoms with Crippen LogP contribution in [-0.4, -0.2) is 33.7 Å². The Balaban J connectivity index is 1.60. The van der Waals surface area contributed by atoms with Crippen molar-refractivity contribution < 1.29 is 23.6 Å². The number of halogens is 1. The molecule has 28 heavy (non-hydrogen) atoms. The number of fused-ring (bicyclic) bond motifs is 1. The van der Waals surface area contributed by atoms with Gasteiger partial charge in [-0.2, -0.15) is 0 Å². The molecule has 0 aliphatic heterocycles. The van der Waals surface area contributed by atoms with E-state index in [-0.39, 0.29) is 6.54 Å². The number of pyridine rings is 1. The van der Waals surface area contributed by atoms with Crippen molar-refractivity contribution in [1.82, 2.24) is 15.5 Å². The van der Waals surface area contributed by atoms with Gasteiger partial charge in [-0.15, -0.1) is 0 Å². The molecule has 0 saturated heterocycles. The van der Waals surface area contributed by atoms with Gasteiger partial charge in [0.1, 0.15) is 5.82 Å². The molecule has 4 rings (SSSR count). The van der Waals surface area contributed by atoms with Gasteiger partial charge in [0.05, 0.1) is 22.6 Å². The molecule has 0 radical (unpaired) electrons. The number of hydrogen-bond donors (Lipinski definition) is 2. The number of benzene rings is 1. The summed E-state index contributed by atoms with van der Waals surface area (Å²) in [4.78, 5) is 28.9. The summed E-state index contributed by atoms with van der Waals surface area (Å²) in [5.41, 5.74) is 2.41. The monoisotopic (exact) mass is 383 g/mol. The van der Waals surface area contributed by atoms with Crippen LogP contribution in [-0.2, 0) is 4.79 Å².